The summed E-state index contributed by atoms with van der Waals surface area (Å²) in [7, 11) is -0.364. The number of thiazole rings is 1. The molecule has 1 fully saturated rings. The average Bonchev–Trinajstić information content (AvgIpc) is 3.30. The Hall–Kier alpha value is -2.38. The highest BCUT2D eigenvalue weighted by Gasteiger charge is 2.41. The second kappa shape index (κ2) is 9.82. The molecule has 1 aromatic heterocycles. The highest BCUT2D eigenvalue weighted by Crippen LogP contribution is 2.29. The summed E-state index contributed by atoms with van der Waals surface area (Å²) < 4.78 is 29.3. The zero-order chi connectivity index (χ0) is 25.6. The van der Waals surface area contributed by atoms with E-state index in [4.69, 9.17) is 0 Å². The standard InChI is InChI=1S/C24H26BrN5O4S2/c1-26-22(31)20-13-29(36(33,34)18-6-4-15-11-17(25)5-3-16(15)12-18)9-10-30(20)24(32)23-27-19-7-8-28(2)14-21(19)35-23/h3-6,11-12,20H,7-10,13-14H2,1-2H3,(H,26,31). The SMILES string of the molecule is CNC(=O)C1CN(S(=O)(=O)c2ccc3cc(Br)ccc3c2)CCN1C(=O)c1nc2c(s1)CN(C)CC2. The quantitative estimate of drug-likeness (QED) is 0.499. The van der Waals surface area contributed by atoms with Crippen LogP contribution in [0.1, 0.15) is 20.4 Å². The van der Waals surface area contributed by atoms with Gasteiger partial charge in [-0.3, -0.25) is 9.59 Å². The van der Waals surface area contributed by atoms with E-state index in [9.17, 15) is 18.0 Å². The molecule has 12 heteroatoms. The van der Waals surface area contributed by atoms with Gasteiger partial charge in [-0.1, -0.05) is 28.1 Å². The monoisotopic (exact) mass is 591 g/mol. The molecule has 36 heavy (non-hydrogen) atoms. The van der Waals surface area contributed by atoms with E-state index in [0.29, 0.717) is 5.01 Å². The first kappa shape index (κ1) is 25.3. The Morgan fingerprint density at radius 3 is 2.64 bits per heavy atom. The van der Waals surface area contributed by atoms with Crippen LogP contribution in [-0.4, -0.2) is 85.6 Å². The van der Waals surface area contributed by atoms with Crippen molar-refractivity contribution in [2.75, 3.05) is 40.3 Å². The molecule has 0 bridgehead atoms. The van der Waals surface area contributed by atoms with Crippen molar-refractivity contribution in [2.24, 2.45) is 0 Å². The first-order chi connectivity index (χ1) is 17.2. The van der Waals surface area contributed by atoms with E-state index in [1.54, 1.807) is 18.2 Å². The minimum atomic E-state index is -3.88. The molecule has 1 atom stereocenters. The summed E-state index contributed by atoms with van der Waals surface area (Å²) in [6, 6.07) is 9.67. The van der Waals surface area contributed by atoms with E-state index in [-0.39, 0.29) is 30.4 Å². The summed E-state index contributed by atoms with van der Waals surface area (Å²) >= 11 is 4.79. The maximum absolute atomic E-state index is 13.5. The van der Waals surface area contributed by atoms with Crippen molar-refractivity contribution >= 4 is 59.9 Å². The molecular formula is C24H26BrN5O4S2. The summed E-state index contributed by atoms with van der Waals surface area (Å²) in [6.07, 6.45) is 0.781. The number of fused-ring (bicyclic) bond motifs is 2. The van der Waals surface area contributed by atoms with Crippen molar-refractivity contribution in [3.63, 3.8) is 0 Å². The van der Waals surface area contributed by atoms with Gasteiger partial charge in [-0.25, -0.2) is 13.4 Å². The van der Waals surface area contributed by atoms with Crippen LogP contribution < -0.4 is 5.32 Å². The Labute approximate surface area is 222 Å². The third kappa shape index (κ3) is 4.68. The van der Waals surface area contributed by atoms with Gasteiger partial charge in [-0.15, -0.1) is 11.3 Å². The zero-order valence-corrected chi connectivity index (χ0v) is 23.1. The number of benzene rings is 2. The number of sulfonamides is 1. The van der Waals surface area contributed by atoms with Crippen LogP contribution in [0.4, 0.5) is 0 Å². The molecule has 2 aliphatic heterocycles. The summed E-state index contributed by atoms with van der Waals surface area (Å²) in [5.41, 5.74) is 0.933. The second-order valence-corrected chi connectivity index (χ2v) is 13.0. The summed E-state index contributed by atoms with van der Waals surface area (Å²) in [6.45, 7) is 1.69. The number of likely N-dealkylation sites (N-methyl/N-ethyl adjacent to an activating group) is 2. The third-order valence-corrected chi connectivity index (χ3v) is 10.1. The molecule has 2 aromatic carbocycles. The number of hydrogen-bond acceptors (Lipinski definition) is 7. The van der Waals surface area contributed by atoms with Crippen LogP contribution in [0.5, 0.6) is 0 Å². The van der Waals surface area contributed by atoms with Gasteiger partial charge in [0, 0.05) is 55.5 Å². The fourth-order valence-electron chi connectivity index (χ4n) is 4.65. The predicted octanol–water partition coefficient (Wildman–Crippen LogP) is 2.31. The molecule has 0 aliphatic carbocycles. The predicted molar refractivity (Wildman–Crippen MR) is 141 cm³/mol. The van der Waals surface area contributed by atoms with Gasteiger partial charge in [0.1, 0.15) is 6.04 Å². The molecule has 2 amide bonds. The van der Waals surface area contributed by atoms with E-state index in [2.05, 4.69) is 31.1 Å². The number of rotatable bonds is 4. The van der Waals surface area contributed by atoms with Crippen molar-refractivity contribution in [2.45, 2.75) is 23.9 Å². The van der Waals surface area contributed by atoms with Gasteiger partial charge < -0.3 is 15.1 Å². The summed E-state index contributed by atoms with van der Waals surface area (Å²) in [5.74, 6) is -0.744. The molecule has 190 valence electrons. The maximum atomic E-state index is 13.5. The fourth-order valence-corrected chi connectivity index (χ4v) is 7.65. The van der Waals surface area contributed by atoms with E-state index < -0.39 is 22.0 Å². The van der Waals surface area contributed by atoms with E-state index in [1.165, 1.54) is 27.6 Å². The van der Waals surface area contributed by atoms with Crippen LogP contribution in [0, 0.1) is 0 Å². The first-order valence-electron chi connectivity index (χ1n) is 11.6. The van der Waals surface area contributed by atoms with Crippen LogP contribution in [0.25, 0.3) is 10.8 Å². The van der Waals surface area contributed by atoms with Crippen molar-refractivity contribution in [1.82, 2.24) is 24.4 Å². The van der Waals surface area contributed by atoms with E-state index in [0.717, 1.165) is 45.3 Å². The number of halogens is 1. The van der Waals surface area contributed by atoms with Gasteiger partial charge >= 0.3 is 0 Å². The Balaban J connectivity index is 1.40. The molecule has 0 radical (unpaired) electrons. The van der Waals surface area contributed by atoms with Crippen LogP contribution in [-0.2, 0) is 27.8 Å². The van der Waals surface area contributed by atoms with Crippen molar-refractivity contribution < 1.29 is 18.0 Å². The number of carbonyl (C=O) groups is 2. The number of aromatic nitrogens is 1. The minimum absolute atomic E-state index is 0.0910. The van der Waals surface area contributed by atoms with Crippen LogP contribution >= 0.6 is 27.3 Å². The Morgan fingerprint density at radius 1 is 1.11 bits per heavy atom. The van der Waals surface area contributed by atoms with Crippen LogP contribution in [0.2, 0.25) is 0 Å². The molecule has 3 heterocycles. The normalized spacial score (nSPS) is 19.3. The smallest absolute Gasteiger partial charge is 0.283 e. The molecule has 0 saturated carbocycles. The lowest BCUT2D eigenvalue weighted by molar-refractivity contribution is -0.126. The lowest BCUT2D eigenvalue weighted by Crippen LogP contribution is -2.61. The Morgan fingerprint density at radius 2 is 1.86 bits per heavy atom. The van der Waals surface area contributed by atoms with Gasteiger partial charge in [0.2, 0.25) is 15.9 Å². The third-order valence-electron chi connectivity index (χ3n) is 6.67. The summed E-state index contributed by atoms with van der Waals surface area (Å²) in [4.78, 5) is 35.7. The number of amides is 2. The Bertz CT molecular complexity index is 1460. The summed E-state index contributed by atoms with van der Waals surface area (Å²) in [5, 5.41) is 4.65. The lowest BCUT2D eigenvalue weighted by atomic mass is 10.1. The number of hydrogen-bond donors (Lipinski definition) is 1. The van der Waals surface area contributed by atoms with Gasteiger partial charge in [-0.05, 0) is 42.1 Å². The minimum Gasteiger partial charge on any atom is -0.357 e. The van der Waals surface area contributed by atoms with Gasteiger partial charge in [0.25, 0.3) is 5.91 Å². The first-order valence-corrected chi connectivity index (χ1v) is 14.6. The van der Waals surface area contributed by atoms with Gasteiger partial charge in [-0.2, -0.15) is 4.31 Å². The number of nitrogens with one attached hydrogen (secondary N) is 1. The molecule has 5 rings (SSSR count). The molecule has 9 nitrogen and oxygen atoms in total. The fraction of sp³-hybridized carbons (Fsp3) is 0.375. The molecule has 3 aromatic rings. The molecule has 1 unspecified atom stereocenters. The van der Waals surface area contributed by atoms with Gasteiger partial charge in [0.05, 0.1) is 10.6 Å². The van der Waals surface area contributed by atoms with Crippen molar-refractivity contribution in [1.29, 1.82) is 0 Å². The van der Waals surface area contributed by atoms with Gasteiger partial charge in [0.15, 0.2) is 5.01 Å². The Kier molecular flexibility index (Phi) is 6.90. The highest BCUT2D eigenvalue weighted by atomic mass is 79.9. The van der Waals surface area contributed by atoms with Crippen LogP contribution in [0.3, 0.4) is 0 Å². The number of nitrogens with zero attached hydrogens (tertiary/aromatic N) is 4. The topological polar surface area (TPSA) is 103 Å². The number of carbonyl (C=O) groups excluding carboxylic acids is 2. The molecular weight excluding hydrogens is 566 g/mol. The number of piperazine rings is 1. The molecule has 1 N–H and O–H groups in total. The molecule has 0 spiro atoms. The largest absolute Gasteiger partial charge is 0.357 e. The van der Waals surface area contributed by atoms with Crippen LogP contribution in [0.15, 0.2) is 45.8 Å². The van der Waals surface area contributed by atoms with E-state index >= 15 is 0 Å². The molecule has 1 saturated heterocycles. The van der Waals surface area contributed by atoms with Crippen molar-refractivity contribution in [3.05, 3.63) is 56.4 Å². The maximum Gasteiger partial charge on any atom is 0.283 e. The van der Waals surface area contributed by atoms with Crippen molar-refractivity contribution in [3.8, 4) is 0 Å². The zero-order valence-electron chi connectivity index (χ0n) is 19.9. The lowest BCUT2D eigenvalue weighted by Gasteiger charge is -2.39. The second-order valence-electron chi connectivity index (χ2n) is 9.02. The highest BCUT2D eigenvalue weighted by molar-refractivity contribution is 9.10. The average molecular weight is 593 g/mol. The van der Waals surface area contributed by atoms with E-state index in [1.807, 2.05) is 25.2 Å². The molecule has 2 aliphatic rings.